The summed E-state index contributed by atoms with van der Waals surface area (Å²) in [6.07, 6.45) is 0.419. The van der Waals surface area contributed by atoms with Crippen LogP contribution in [0.25, 0.3) is 21.5 Å². The molecule has 0 bridgehead atoms. The molecular weight excluding hydrogens is 426 g/mol. The van der Waals surface area contributed by atoms with E-state index in [-0.39, 0.29) is 29.4 Å². The van der Waals surface area contributed by atoms with E-state index in [1.807, 2.05) is 68.4 Å². The van der Waals surface area contributed by atoms with E-state index < -0.39 is 22.4 Å². The van der Waals surface area contributed by atoms with Gasteiger partial charge in [-0.2, -0.15) is 0 Å². The number of amides is 1. The summed E-state index contributed by atoms with van der Waals surface area (Å²) in [6, 6.07) is 16.8. The molecule has 0 aromatic heterocycles. The van der Waals surface area contributed by atoms with Crippen molar-refractivity contribution in [2.45, 2.75) is 26.3 Å². The van der Waals surface area contributed by atoms with Crippen LogP contribution in [0.3, 0.4) is 0 Å². The molecule has 1 unspecified atom stereocenters. The van der Waals surface area contributed by atoms with Gasteiger partial charge in [-0.25, -0.2) is 13.2 Å². The Morgan fingerprint density at radius 3 is 2.16 bits per heavy atom. The van der Waals surface area contributed by atoms with Crippen LogP contribution in [0.5, 0.6) is 0 Å². The predicted molar refractivity (Wildman–Crippen MR) is 125 cm³/mol. The topological polar surface area (TPSA) is 80.8 Å². The lowest BCUT2D eigenvalue weighted by Gasteiger charge is -2.29. The molecule has 4 rings (SSSR count). The number of ether oxygens (including phenoxy) is 1. The first-order chi connectivity index (χ1) is 15.2. The zero-order chi connectivity index (χ0) is 22.9. The minimum atomic E-state index is -3.13. The van der Waals surface area contributed by atoms with Crippen LogP contribution in [0.15, 0.2) is 54.6 Å². The molecule has 0 aliphatic carbocycles. The number of benzene rings is 3. The van der Waals surface area contributed by atoms with Crippen molar-refractivity contribution >= 4 is 43.3 Å². The molecule has 32 heavy (non-hydrogen) atoms. The molecule has 168 valence electrons. The fourth-order valence-corrected chi connectivity index (χ4v) is 6.12. The Kier molecular flexibility index (Phi) is 6.20. The molecule has 1 fully saturated rings. The predicted octanol–water partition coefficient (Wildman–Crippen LogP) is 3.82. The van der Waals surface area contributed by atoms with Gasteiger partial charge in [-0.15, -0.1) is 0 Å². The monoisotopic (exact) mass is 453 g/mol. The zero-order valence-electron chi connectivity index (χ0n) is 18.3. The van der Waals surface area contributed by atoms with Gasteiger partial charge in [0.15, 0.2) is 16.4 Å². The van der Waals surface area contributed by atoms with E-state index in [0.717, 1.165) is 21.5 Å². The summed E-state index contributed by atoms with van der Waals surface area (Å²) in [7, 11) is -3.13. The normalized spacial score (nSPS) is 17.7. The number of fused-ring (bicyclic) bond motifs is 2. The summed E-state index contributed by atoms with van der Waals surface area (Å²) in [4.78, 5) is 27.7. The van der Waals surface area contributed by atoms with Crippen molar-refractivity contribution in [2.24, 2.45) is 5.92 Å². The molecule has 3 aromatic rings. The molecule has 0 spiro atoms. The van der Waals surface area contributed by atoms with Gasteiger partial charge in [0.1, 0.15) is 0 Å². The minimum Gasteiger partial charge on any atom is -0.452 e. The molecule has 1 amide bonds. The van der Waals surface area contributed by atoms with E-state index >= 15 is 0 Å². The van der Waals surface area contributed by atoms with Gasteiger partial charge in [0.2, 0.25) is 0 Å². The number of hydrogen-bond acceptors (Lipinski definition) is 5. The maximum atomic E-state index is 13.2. The first kappa shape index (κ1) is 22.3. The highest BCUT2D eigenvalue weighted by molar-refractivity contribution is 7.91. The number of rotatable bonds is 6. The lowest BCUT2D eigenvalue weighted by atomic mass is 9.97. The maximum Gasteiger partial charge on any atom is 0.339 e. The lowest BCUT2D eigenvalue weighted by molar-refractivity contribution is -0.137. The fourth-order valence-electron chi connectivity index (χ4n) is 4.39. The number of carbonyl (C=O) groups excluding carboxylic acids is 2. The third-order valence-corrected chi connectivity index (χ3v) is 7.58. The summed E-state index contributed by atoms with van der Waals surface area (Å²) in [5.74, 6) is -0.706. The number of nitrogens with zero attached hydrogens (tertiary/aromatic N) is 1. The van der Waals surface area contributed by atoms with E-state index in [9.17, 15) is 18.0 Å². The smallest absolute Gasteiger partial charge is 0.339 e. The van der Waals surface area contributed by atoms with Gasteiger partial charge < -0.3 is 9.64 Å². The molecule has 0 saturated carbocycles. The van der Waals surface area contributed by atoms with Crippen LogP contribution in [0.4, 0.5) is 0 Å². The number of hydrogen-bond donors (Lipinski definition) is 0. The Hall–Kier alpha value is -2.93. The second-order valence-electron chi connectivity index (χ2n) is 8.77. The van der Waals surface area contributed by atoms with Gasteiger partial charge >= 0.3 is 5.97 Å². The minimum absolute atomic E-state index is 0.0344. The largest absolute Gasteiger partial charge is 0.452 e. The molecule has 1 aliphatic heterocycles. The maximum absolute atomic E-state index is 13.2. The van der Waals surface area contributed by atoms with Crippen molar-refractivity contribution in [2.75, 3.05) is 24.7 Å². The van der Waals surface area contributed by atoms with Crippen molar-refractivity contribution in [3.8, 4) is 0 Å². The Morgan fingerprint density at radius 1 is 1.03 bits per heavy atom. The molecule has 1 atom stereocenters. The molecule has 6 nitrogen and oxygen atoms in total. The summed E-state index contributed by atoms with van der Waals surface area (Å²) < 4.78 is 29.4. The van der Waals surface area contributed by atoms with Crippen molar-refractivity contribution in [1.29, 1.82) is 0 Å². The molecular formula is C25H27NO5S. The second kappa shape index (κ2) is 8.90. The fraction of sp³-hybridized carbons (Fsp3) is 0.360. The number of sulfone groups is 1. The average molecular weight is 454 g/mol. The molecule has 1 heterocycles. The Balaban J connectivity index is 1.58. The van der Waals surface area contributed by atoms with Crippen LogP contribution in [-0.2, 0) is 19.4 Å². The van der Waals surface area contributed by atoms with Crippen molar-refractivity contribution in [3.05, 3.63) is 60.2 Å². The van der Waals surface area contributed by atoms with Gasteiger partial charge in [-0.1, -0.05) is 62.4 Å². The Morgan fingerprint density at radius 2 is 1.62 bits per heavy atom. The van der Waals surface area contributed by atoms with Gasteiger partial charge in [0.25, 0.3) is 5.91 Å². The highest BCUT2D eigenvalue weighted by Crippen LogP contribution is 2.29. The van der Waals surface area contributed by atoms with E-state index in [1.165, 1.54) is 0 Å². The van der Waals surface area contributed by atoms with E-state index in [1.54, 1.807) is 4.90 Å². The molecule has 0 N–H and O–H groups in total. The van der Waals surface area contributed by atoms with Gasteiger partial charge in [0, 0.05) is 12.6 Å². The SMILES string of the molecule is CC(C)CN(C(=O)COC(=O)c1c2ccccc2cc2ccccc12)C1CCS(=O)(=O)C1. The number of carbonyl (C=O) groups is 2. The van der Waals surface area contributed by atoms with E-state index in [4.69, 9.17) is 4.74 Å². The third kappa shape index (κ3) is 4.63. The third-order valence-electron chi connectivity index (χ3n) is 5.83. The van der Waals surface area contributed by atoms with Crippen LogP contribution in [-0.4, -0.2) is 55.9 Å². The lowest BCUT2D eigenvalue weighted by Crippen LogP contribution is -2.45. The first-order valence-electron chi connectivity index (χ1n) is 10.8. The van der Waals surface area contributed by atoms with Crippen LogP contribution in [0, 0.1) is 5.92 Å². The Labute approximate surface area is 188 Å². The quantitative estimate of drug-likeness (QED) is 0.419. The number of esters is 1. The average Bonchev–Trinajstić information content (AvgIpc) is 3.13. The van der Waals surface area contributed by atoms with Crippen molar-refractivity contribution < 1.29 is 22.7 Å². The van der Waals surface area contributed by atoms with Crippen LogP contribution < -0.4 is 0 Å². The van der Waals surface area contributed by atoms with Crippen LogP contribution in [0.2, 0.25) is 0 Å². The standard InChI is InChI=1S/C25H27NO5S/c1-17(2)14-26(20-11-12-32(29,30)16-20)23(27)15-31-25(28)24-21-9-5-3-7-18(21)13-19-8-4-6-10-22(19)24/h3-10,13,17,20H,11-12,14-16H2,1-2H3. The summed E-state index contributed by atoms with van der Waals surface area (Å²) in [5, 5.41) is 3.37. The van der Waals surface area contributed by atoms with E-state index in [2.05, 4.69) is 0 Å². The van der Waals surface area contributed by atoms with Gasteiger partial charge in [-0.05, 0) is 39.9 Å². The summed E-state index contributed by atoms with van der Waals surface area (Å²) in [6.45, 7) is 3.95. The van der Waals surface area contributed by atoms with Gasteiger partial charge in [0.05, 0.1) is 17.1 Å². The Bertz CT molecular complexity index is 1230. The van der Waals surface area contributed by atoms with Crippen LogP contribution in [0.1, 0.15) is 30.6 Å². The molecule has 1 saturated heterocycles. The summed E-state index contributed by atoms with van der Waals surface area (Å²) >= 11 is 0. The molecule has 7 heteroatoms. The molecule has 1 aliphatic rings. The van der Waals surface area contributed by atoms with E-state index in [0.29, 0.717) is 18.5 Å². The molecule has 3 aromatic carbocycles. The first-order valence-corrected chi connectivity index (χ1v) is 12.6. The highest BCUT2D eigenvalue weighted by atomic mass is 32.2. The van der Waals surface area contributed by atoms with Gasteiger partial charge in [-0.3, -0.25) is 4.79 Å². The molecule has 0 radical (unpaired) electrons. The summed E-state index contributed by atoms with van der Waals surface area (Å²) in [5.41, 5.74) is 0.436. The van der Waals surface area contributed by atoms with Crippen molar-refractivity contribution in [3.63, 3.8) is 0 Å². The highest BCUT2D eigenvalue weighted by Gasteiger charge is 2.35. The second-order valence-corrected chi connectivity index (χ2v) is 11.0. The van der Waals surface area contributed by atoms with Crippen LogP contribution >= 0.6 is 0 Å². The zero-order valence-corrected chi connectivity index (χ0v) is 19.1. The van der Waals surface area contributed by atoms with Crippen molar-refractivity contribution in [1.82, 2.24) is 4.90 Å².